The van der Waals surface area contributed by atoms with Crippen LogP contribution in [0.5, 0.6) is 0 Å². The number of ether oxygens (including phenoxy) is 1. The highest BCUT2D eigenvalue weighted by Gasteiger charge is 2.17. The first-order valence-corrected chi connectivity index (χ1v) is 7.22. The average molecular weight is 359 g/mol. The Hall–Kier alpha value is -2.52. The second kappa shape index (κ2) is 7.16. The quantitative estimate of drug-likeness (QED) is 0.502. The van der Waals surface area contributed by atoms with Crippen molar-refractivity contribution in [3.63, 3.8) is 0 Å². The second-order valence-electron chi connectivity index (χ2n) is 4.14. The molecule has 0 spiro atoms. The van der Waals surface area contributed by atoms with E-state index in [-0.39, 0.29) is 20.6 Å². The van der Waals surface area contributed by atoms with Gasteiger partial charge < -0.3 is 10.1 Å². The summed E-state index contributed by atoms with van der Waals surface area (Å²) in [6.45, 7) is -0.613. The summed E-state index contributed by atoms with van der Waals surface area (Å²) < 4.78 is 17.6. The van der Waals surface area contributed by atoms with Gasteiger partial charge in [0.2, 0.25) is 0 Å². The Morgan fingerprint density at radius 1 is 1.35 bits per heavy atom. The summed E-state index contributed by atoms with van der Waals surface area (Å²) in [4.78, 5) is 33.2. The molecule has 7 nitrogen and oxygen atoms in total. The van der Waals surface area contributed by atoms with E-state index < -0.39 is 29.2 Å². The molecule has 2 rings (SSSR count). The lowest BCUT2D eigenvalue weighted by Gasteiger charge is -2.07. The Labute approximate surface area is 137 Å². The first-order valence-electron chi connectivity index (χ1n) is 6.03. The van der Waals surface area contributed by atoms with Gasteiger partial charge in [-0.05, 0) is 24.3 Å². The molecule has 0 saturated heterocycles. The summed E-state index contributed by atoms with van der Waals surface area (Å²) in [7, 11) is 0. The van der Waals surface area contributed by atoms with E-state index in [4.69, 9.17) is 16.3 Å². The molecule has 0 bridgehead atoms. The predicted octanol–water partition coefficient (Wildman–Crippen LogP) is 3.24. The molecule has 0 aliphatic carbocycles. The molecule has 0 unspecified atom stereocenters. The number of nitrogens with zero attached hydrogens (tertiary/aromatic N) is 1. The average Bonchev–Trinajstić information content (AvgIpc) is 2.98. The van der Waals surface area contributed by atoms with Crippen LogP contribution >= 0.6 is 22.9 Å². The molecule has 0 aliphatic heterocycles. The summed E-state index contributed by atoms with van der Waals surface area (Å²) in [5, 5.41) is 12.7. The van der Waals surface area contributed by atoms with E-state index in [2.05, 4.69) is 5.32 Å². The minimum atomic E-state index is -0.858. The molecule has 1 heterocycles. The summed E-state index contributed by atoms with van der Waals surface area (Å²) in [6, 6.07) is 5.80. The zero-order valence-electron chi connectivity index (χ0n) is 11.2. The first kappa shape index (κ1) is 16.8. The van der Waals surface area contributed by atoms with E-state index in [1.54, 1.807) is 0 Å². The zero-order valence-corrected chi connectivity index (χ0v) is 12.8. The highest BCUT2D eigenvalue weighted by Crippen LogP contribution is 2.25. The molecule has 23 heavy (non-hydrogen) atoms. The summed E-state index contributed by atoms with van der Waals surface area (Å²) in [5.74, 6) is -2.10. The van der Waals surface area contributed by atoms with Crippen LogP contribution in [0.15, 0.2) is 30.3 Å². The van der Waals surface area contributed by atoms with Crippen LogP contribution in [0, 0.1) is 15.9 Å². The van der Waals surface area contributed by atoms with Crippen LogP contribution in [0.2, 0.25) is 5.02 Å². The van der Waals surface area contributed by atoms with Gasteiger partial charge in [-0.1, -0.05) is 22.9 Å². The number of benzene rings is 1. The molecule has 10 heteroatoms. The fraction of sp³-hybridized carbons (Fsp3) is 0.0769. The van der Waals surface area contributed by atoms with Gasteiger partial charge in [0, 0.05) is 6.07 Å². The summed E-state index contributed by atoms with van der Waals surface area (Å²) >= 11 is 6.38. The number of halogens is 2. The number of hydrogen-bond donors (Lipinski definition) is 1. The number of carbonyl (C=O) groups excluding carboxylic acids is 2. The van der Waals surface area contributed by atoms with Crippen LogP contribution in [0.1, 0.15) is 9.67 Å². The van der Waals surface area contributed by atoms with Gasteiger partial charge in [0.05, 0.1) is 15.6 Å². The van der Waals surface area contributed by atoms with Crippen molar-refractivity contribution in [1.29, 1.82) is 0 Å². The topological polar surface area (TPSA) is 98.5 Å². The lowest BCUT2D eigenvalue weighted by molar-refractivity contribution is -0.380. The lowest BCUT2D eigenvalue weighted by atomic mass is 10.3. The Kier molecular flexibility index (Phi) is 5.24. The second-order valence-corrected chi connectivity index (χ2v) is 5.61. The zero-order chi connectivity index (χ0) is 17.0. The van der Waals surface area contributed by atoms with Crippen molar-refractivity contribution in [2.24, 2.45) is 0 Å². The maximum atomic E-state index is 12.9. The third kappa shape index (κ3) is 4.47. The molecule has 2 aromatic rings. The maximum Gasteiger partial charge on any atom is 0.349 e. The van der Waals surface area contributed by atoms with Gasteiger partial charge in [0.1, 0.15) is 10.7 Å². The van der Waals surface area contributed by atoms with Crippen molar-refractivity contribution in [3.05, 3.63) is 56.2 Å². The van der Waals surface area contributed by atoms with Crippen LogP contribution in [-0.4, -0.2) is 23.4 Å². The minimum Gasteiger partial charge on any atom is -0.451 e. The van der Waals surface area contributed by atoms with Gasteiger partial charge in [-0.25, -0.2) is 9.18 Å². The minimum absolute atomic E-state index is 0.00134. The summed E-state index contributed by atoms with van der Waals surface area (Å²) in [5.41, 5.74) is 0.167. The van der Waals surface area contributed by atoms with Crippen molar-refractivity contribution in [2.45, 2.75) is 0 Å². The fourth-order valence-electron chi connectivity index (χ4n) is 1.51. The van der Waals surface area contributed by atoms with E-state index in [9.17, 15) is 24.1 Å². The maximum absolute atomic E-state index is 12.9. The number of esters is 1. The van der Waals surface area contributed by atoms with Crippen molar-refractivity contribution >= 4 is 45.5 Å². The smallest absolute Gasteiger partial charge is 0.349 e. The van der Waals surface area contributed by atoms with Gasteiger partial charge in [-0.3, -0.25) is 14.9 Å². The molecule has 1 aromatic heterocycles. The van der Waals surface area contributed by atoms with Gasteiger partial charge in [0.15, 0.2) is 6.61 Å². The molecule has 120 valence electrons. The molecular formula is C13H8ClFN2O5S. The third-order valence-electron chi connectivity index (χ3n) is 2.51. The van der Waals surface area contributed by atoms with Gasteiger partial charge in [-0.15, -0.1) is 0 Å². The summed E-state index contributed by atoms with van der Waals surface area (Å²) in [6.07, 6.45) is 0. The number of rotatable bonds is 5. The monoisotopic (exact) mass is 358 g/mol. The van der Waals surface area contributed by atoms with Crippen LogP contribution in [0.4, 0.5) is 15.1 Å². The number of hydrogen-bond acceptors (Lipinski definition) is 6. The molecule has 0 atom stereocenters. The Balaban J connectivity index is 1.90. The van der Waals surface area contributed by atoms with E-state index in [1.165, 1.54) is 18.2 Å². The van der Waals surface area contributed by atoms with E-state index in [1.807, 2.05) is 0 Å². The van der Waals surface area contributed by atoms with Crippen LogP contribution in [-0.2, 0) is 9.53 Å². The SMILES string of the molecule is O=C(COC(=O)c1ccc([N+](=O)[O-])s1)Nc1ccc(F)cc1Cl. The number of thiophene rings is 1. The largest absolute Gasteiger partial charge is 0.451 e. The molecule has 1 aromatic carbocycles. The molecule has 0 aliphatic rings. The van der Waals surface area contributed by atoms with Crippen LogP contribution < -0.4 is 5.32 Å². The van der Waals surface area contributed by atoms with Gasteiger partial charge in [-0.2, -0.15) is 0 Å². The molecule has 1 amide bonds. The first-order chi connectivity index (χ1) is 10.9. The van der Waals surface area contributed by atoms with E-state index in [0.717, 1.165) is 12.1 Å². The highest BCUT2D eigenvalue weighted by molar-refractivity contribution is 7.17. The number of anilines is 1. The highest BCUT2D eigenvalue weighted by atomic mass is 35.5. The van der Waals surface area contributed by atoms with Gasteiger partial charge >= 0.3 is 11.0 Å². The van der Waals surface area contributed by atoms with Crippen molar-refractivity contribution in [1.82, 2.24) is 0 Å². The number of carbonyl (C=O) groups is 2. The number of nitro groups is 1. The molecule has 0 saturated carbocycles. The standard InChI is InChI=1S/C13H8ClFN2O5S/c14-8-5-7(15)1-2-9(8)16-11(18)6-22-13(19)10-3-4-12(23-10)17(20)21/h1-5H,6H2,(H,16,18). The lowest BCUT2D eigenvalue weighted by Crippen LogP contribution is -2.20. The Morgan fingerprint density at radius 3 is 2.70 bits per heavy atom. The van der Waals surface area contributed by atoms with Crippen molar-refractivity contribution in [2.75, 3.05) is 11.9 Å². The number of nitrogens with one attached hydrogen (secondary N) is 1. The van der Waals surface area contributed by atoms with E-state index in [0.29, 0.717) is 11.3 Å². The third-order valence-corrected chi connectivity index (χ3v) is 3.84. The van der Waals surface area contributed by atoms with E-state index >= 15 is 0 Å². The number of amides is 1. The van der Waals surface area contributed by atoms with Crippen LogP contribution in [0.3, 0.4) is 0 Å². The van der Waals surface area contributed by atoms with Crippen molar-refractivity contribution in [3.8, 4) is 0 Å². The Bertz CT molecular complexity index is 779. The molecule has 0 fully saturated rings. The van der Waals surface area contributed by atoms with Gasteiger partial charge in [0.25, 0.3) is 5.91 Å². The molecule has 1 N–H and O–H groups in total. The fourth-order valence-corrected chi connectivity index (χ4v) is 2.44. The molecular weight excluding hydrogens is 351 g/mol. The molecule has 0 radical (unpaired) electrons. The Morgan fingerprint density at radius 2 is 2.09 bits per heavy atom. The van der Waals surface area contributed by atoms with Crippen molar-refractivity contribution < 1.29 is 23.6 Å². The predicted molar refractivity (Wildman–Crippen MR) is 81.3 cm³/mol. The normalized spacial score (nSPS) is 10.2. The van der Waals surface area contributed by atoms with Crippen LogP contribution in [0.25, 0.3) is 0 Å².